The molecule has 0 atom stereocenters. The average molecular weight is 677 g/mol. The van der Waals surface area contributed by atoms with Crippen LogP contribution in [0, 0.1) is 0 Å². The van der Waals surface area contributed by atoms with Crippen molar-refractivity contribution in [1.82, 2.24) is 9.97 Å². The second-order valence-corrected chi connectivity index (χ2v) is 14.6. The third kappa shape index (κ3) is 5.34. The molecule has 0 N–H and O–H groups in total. The molecule has 8 aromatic carbocycles. The molecule has 2 heteroatoms. The topological polar surface area (TPSA) is 25.8 Å². The van der Waals surface area contributed by atoms with Crippen LogP contribution < -0.4 is 0 Å². The van der Waals surface area contributed by atoms with Crippen LogP contribution in [0.25, 0.3) is 88.8 Å². The molecule has 1 aliphatic rings. The zero-order valence-corrected chi connectivity index (χ0v) is 29.7. The molecule has 0 amide bonds. The molecule has 0 saturated carbocycles. The van der Waals surface area contributed by atoms with Crippen LogP contribution in [0.3, 0.4) is 0 Å². The molecule has 10 rings (SSSR count). The molecule has 1 heterocycles. The summed E-state index contributed by atoms with van der Waals surface area (Å²) in [5.41, 5.74) is 15.2. The third-order valence-electron chi connectivity index (χ3n) is 11.0. The highest BCUT2D eigenvalue weighted by atomic mass is 14.9. The number of aromatic nitrogens is 2. The minimum absolute atomic E-state index is 0.0751. The van der Waals surface area contributed by atoms with E-state index in [2.05, 4.69) is 178 Å². The van der Waals surface area contributed by atoms with Crippen LogP contribution in [-0.4, -0.2) is 9.97 Å². The van der Waals surface area contributed by atoms with Gasteiger partial charge in [-0.05, 0) is 102 Å². The van der Waals surface area contributed by atoms with Crippen LogP contribution in [0.4, 0.5) is 0 Å². The van der Waals surface area contributed by atoms with Crippen molar-refractivity contribution in [2.24, 2.45) is 0 Å². The van der Waals surface area contributed by atoms with Gasteiger partial charge in [-0.1, -0.05) is 159 Å². The van der Waals surface area contributed by atoms with E-state index in [-0.39, 0.29) is 5.41 Å². The van der Waals surface area contributed by atoms with E-state index in [9.17, 15) is 0 Å². The van der Waals surface area contributed by atoms with Gasteiger partial charge in [-0.15, -0.1) is 0 Å². The van der Waals surface area contributed by atoms with Crippen LogP contribution in [0.15, 0.2) is 182 Å². The van der Waals surface area contributed by atoms with Crippen molar-refractivity contribution in [2.45, 2.75) is 19.3 Å². The normalized spacial score (nSPS) is 12.9. The lowest BCUT2D eigenvalue weighted by Crippen LogP contribution is -2.14. The lowest BCUT2D eigenvalue weighted by Gasteiger charge is -2.22. The number of hydrogen-bond acceptors (Lipinski definition) is 2. The van der Waals surface area contributed by atoms with Gasteiger partial charge in [0.1, 0.15) is 0 Å². The predicted molar refractivity (Wildman–Crippen MR) is 222 cm³/mol. The predicted octanol–water partition coefficient (Wildman–Crippen LogP) is 13.4. The van der Waals surface area contributed by atoms with Crippen molar-refractivity contribution < 1.29 is 0 Å². The number of rotatable bonds is 5. The van der Waals surface area contributed by atoms with Crippen LogP contribution in [0.1, 0.15) is 25.0 Å². The fourth-order valence-corrected chi connectivity index (χ4v) is 8.23. The molecule has 0 spiro atoms. The zero-order valence-electron chi connectivity index (χ0n) is 29.7. The summed E-state index contributed by atoms with van der Waals surface area (Å²) in [5.74, 6) is 0.715. The van der Waals surface area contributed by atoms with Crippen molar-refractivity contribution in [1.29, 1.82) is 0 Å². The largest absolute Gasteiger partial charge is 0.228 e. The smallest absolute Gasteiger partial charge is 0.160 e. The molecular formula is C51H36N2. The first-order valence-corrected chi connectivity index (χ1v) is 18.3. The van der Waals surface area contributed by atoms with E-state index < -0.39 is 0 Å². The molecule has 0 unspecified atom stereocenters. The SMILES string of the molecule is CC1(C)c2cc3ccccc3cc2-c2c(-c3ccc4cc(-c5cc(-c6cccc(-c7ccccc7)c6)nc(-c6ccccc6)n5)ccc4c3)cccc21. The Balaban J connectivity index is 1.07. The molecule has 9 aromatic rings. The third-order valence-corrected chi connectivity index (χ3v) is 11.0. The molecule has 0 radical (unpaired) electrons. The first-order valence-electron chi connectivity index (χ1n) is 18.3. The highest BCUT2D eigenvalue weighted by Crippen LogP contribution is 2.53. The van der Waals surface area contributed by atoms with E-state index in [1.807, 2.05) is 18.2 Å². The Labute approximate surface area is 310 Å². The Kier molecular flexibility index (Phi) is 7.19. The number of fused-ring (bicyclic) bond motifs is 5. The van der Waals surface area contributed by atoms with Gasteiger partial charge in [0.25, 0.3) is 0 Å². The van der Waals surface area contributed by atoms with Crippen LogP contribution in [0.5, 0.6) is 0 Å². The minimum Gasteiger partial charge on any atom is -0.228 e. The van der Waals surface area contributed by atoms with Gasteiger partial charge in [-0.2, -0.15) is 0 Å². The Morgan fingerprint density at radius 1 is 0.340 bits per heavy atom. The number of nitrogens with zero attached hydrogens (tertiary/aromatic N) is 2. The van der Waals surface area contributed by atoms with Crippen molar-refractivity contribution in [3.05, 3.63) is 193 Å². The Bertz CT molecular complexity index is 2850. The standard InChI is InChI=1S/C51H36N2/c1-51(2)45-22-12-21-43(49(45)44-30-36-17-9-10-18-37(36)31-46(44)51)40-25-23-39-29-42(26-24-38(39)27-40)48-32-47(52-50(53-48)34-15-7-4-8-16-34)41-20-11-19-35(28-41)33-13-5-3-6-14-33/h3-32H,1-2H3. The fourth-order valence-electron chi connectivity index (χ4n) is 8.23. The summed E-state index contributed by atoms with van der Waals surface area (Å²) in [5, 5.41) is 4.96. The van der Waals surface area contributed by atoms with E-state index in [1.165, 1.54) is 60.5 Å². The summed E-state index contributed by atoms with van der Waals surface area (Å²) in [4.78, 5) is 10.2. The molecule has 1 aliphatic carbocycles. The van der Waals surface area contributed by atoms with Gasteiger partial charge in [0, 0.05) is 22.1 Å². The lowest BCUT2D eigenvalue weighted by atomic mass is 9.81. The zero-order chi connectivity index (χ0) is 35.5. The van der Waals surface area contributed by atoms with Gasteiger partial charge in [0.05, 0.1) is 11.4 Å². The van der Waals surface area contributed by atoms with Gasteiger partial charge in [0.15, 0.2) is 5.82 Å². The number of benzene rings is 8. The maximum atomic E-state index is 5.14. The van der Waals surface area contributed by atoms with Gasteiger partial charge in [-0.3, -0.25) is 0 Å². The molecule has 53 heavy (non-hydrogen) atoms. The summed E-state index contributed by atoms with van der Waals surface area (Å²) in [6.07, 6.45) is 0. The van der Waals surface area contributed by atoms with Gasteiger partial charge >= 0.3 is 0 Å². The van der Waals surface area contributed by atoms with Crippen molar-refractivity contribution >= 4 is 21.5 Å². The van der Waals surface area contributed by atoms with E-state index in [0.29, 0.717) is 5.82 Å². The second-order valence-electron chi connectivity index (χ2n) is 14.6. The highest BCUT2D eigenvalue weighted by molar-refractivity contribution is 6.00. The lowest BCUT2D eigenvalue weighted by molar-refractivity contribution is 0.661. The molecule has 2 nitrogen and oxygen atoms in total. The fraction of sp³-hybridized carbons (Fsp3) is 0.0588. The molecule has 1 aromatic heterocycles. The molecule has 0 bridgehead atoms. The number of hydrogen-bond donors (Lipinski definition) is 0. The monoisotopic (exact) mass is 676 g/mol. The Hall–Kier alpha value is -6.64. The second kappa shape index (κ2) is 12.3. The summed E-state index contributed by atoms with van der Waals surface area (Å²) in [6, 6.07) is 65.4. The van der Waals surface area contributed by atoms with Gasteiger partial charge < -0.3 is 0 Å². The van der Waals surface area contributed by atoms with Crippen LogP contribution >= 0.6 is 0 Å². The van der Waals surface area contributed by atoms with Crippen molar-refractivity contribution in [3.8, 4) is 67.3 Å². The molecule has 0 fully saturated rings. The average Bonchev–Trinajstić information content (AvgIpc) is 3.45. The highest BCUT2D eigenvalue weighted by Gasteiger charge is 2.37. The summed E-state index contributed by atoms with van der Waals surface area (Å²) in [6.45, 7) is 4.72. The van der Waals surface area contributed by atoms with Crippen LogP contribution in [0.2, 0.25) is 0 Å². The summed E-state index contributed by atoms with van der Waals surface area (Å²) >= 11 is 0. The molecular weight excluding hydrogens is 641 g/mol. The van der Waals surface area contributed by atoms with Gasteiger partial charge in [0.2, 0.25) is 0 Å². The quantitative estimate of drug-likeness (QED) is 0.181. The summed E-state index contributed by atoms with van der Waals surface area (Å²) in [7, 11) is 0. The van der Waals surface area contributed by atoms with E-state index in [0.717, 1.165) is 33.6 Å². The molecule has 0 saturated heterocycles. The molecule has 250 valence electrons. The Morgan fingerprint density at radius 2 is 0.887 bits per heavy atom. The van der Waals surface area contributed by atoms with E-state index >= 15 is 0 Å². The molecule has 0 aliphatic heterocycles. The van der Waals surface area contributed by atoms with E-state index in [4.69, 9.17) is 9.97 Å². The van der Waals surface area contributed by atoms with E-state index in [1.54, 1.807) is 0 Å². The minimum atomic E-state index is -0.0751. The summed E-state index contributed by atoms with van der Waals surface area (Å²) < 4.78 is 0. The maximum absolute atomic E-state index is 5.14. The first kappa shape index (κ1) is 31.1. The van der Waals surface area contributed by atoms with Crippen LogP contribution in [-0.2, 0) is 5.41 Å². The maximum Gasteiger partial charge on any atom is 0.160 e. The van der Waals surface area contributed by atoms with Crippen molar-refractivity contribution in [3.63, 3.8) is 0 Å². The van der Waals surface area contributed by atoms with Crippen molar-refractivity contribution in [2.75, 3.05) is 0 Å². The van der Waals surface area contributed by atoms with Gasteiger partial charge in [-0.25, -0.2) is 9.97 Å². The Morgan fingerprint density at radius 3 is 1.62 bits per heavy atom. The first-order chi connectivity index (χ1) is 26.0.